The lowest BCUT2D eigenvalue weighted by atomic mass is 10.1. The lowest BCUT2D eigenvalue weighted by Gasteiger charge is -2.15. The summed E-state index contributed by atoms with van der Waals surface area (Å²) in [4.78, 5) is 11.4. The van der Waals surface area contributed by atoms with E-state index in [2.05, 4.69) is 5.32 Å². The maximum atomic E-state index is 11.4. The molecule has 2 unspecified atom stereocenters. The molecule has 3 N–H and O–H groups in total. The van der Waals surface area contributed by atoms with Crippen LogP contribution in [0.1, 0.15) is 27.2 Å². The number of rotatable bonds is 7. The van der Waals surface area contributed by atoms with Crippen molar-refractivity contribution in [2.24, 2.45) is 11.7 Å². The Hall–Kier alpha value is -0.610. The van der Waals surface area contributed by atoms with Crippen LogP contribution in [0.2, 0.25) is 0 Å². The van der Waals surface area contributed by atoms with E-state index in [9.17, 15) is 4.79 Å². The number of hydrogen-bond donors (Lipinski definition) is 2. The molecule has 4 nitrogen and oxygen atoms in total. The summed E-state index contributed by atoms with van der Waals surface area (Å²) in [6.07, 6.45) is 0.493. The Morgan fingerprint density at radius 2 is 2.14 bits per heavy atom. The van der Waals surface area contributed by atoms with Crippen LogP contribution in [0.25, 0.3) is 0 Å². The number of carbonyl (C=O) groups is 1. The summed E-state index contributed by atoms with van der Waals surface area (Å²) < 4.78 is 5.19. The average molecular weight is 202 g/mol. The zero-order valence-corrected chi connectivity index (χ0v) is 9.38. The molecule has 0 aromatic carbocycles. The molecule has 0 aliphatic carbocycles. The van der Waals surface area contributed by atoms with Crippen LogP contribution < -0.4 is 11.1 Å². The number of carbonyl (C=O) groups excluding carboxylic acids is 1. The van der Waals surface area contributed by atoms with Crippen molar-refractivity contribution in [1.82, 2.24) is 5.32 Å². The first-order valence-corrected chi connectivity index (χ1v) is 5.17. The SMILES string of the molecule is CCOCC(C)NC(=O)CC(C)CN. The van der Waals surface area contributed by atoms with E-state index in [-0.39, 0.29) is 17.9 Å². The van der Waals surface area contributed by atoms with Crippen LogP contribution in [-0.2, 0) is 9.53 Å². The summed E-state index contributed by atoms with van der Waals surface area (Å²) in [7, 11) is 0. The first-order valence-electron chi connectivity index (χ1n) is 5.17. The van der Waals surface area contributed by atoms with E-state index in [1.54, 1.807) is 0 Å². The van der Waals surface area contributed by atoms with E-state index in [4.69, 9.17) is 10.5 Å². The minimum atomic E-state index is 0.0511. The predicted octanol–water partition coefficient (Wildman–Crippen LogP) is 0.513. The second-order valence-electron chi connectivity index (χ2n) is 3.67. The zero-order chi connectivity index (χ0) is 11.0. The number of ether oxygens (including phenoxy) is 1. The lowest BCUT2D eigenvalue weighted by molar-refractivity contribution is -0.122. The van der Waals surface area contributed by atoms with Crippen molar-refractivity contribution in [3.8, 4) is 0 Å². The maximum Gasteiger partial charge on any atom is 0.220 e. The van der Waals surface area contributed by atoms with Crippen LogP contribution in [0.15, 0.2) is 0 Å². The fourth-order valence-electron chi connectivity index (χ4n) is 1.07. The lowest BCUT2D eigenvalue weighted by Crippen LogP contribution is -2.37. The van der Waals surface area contributed by atoms with E-state index in [1.807, 2.05) is 20.8 Å². The molecule has 0 fully saturated rings. The van der Waals surface area contributed by atoms with Crippen molar-refractivity contribution in [2.45, 2.75) is 33.2 Å². The summed E-state index contributed by atoms with van der Waals surface area (Å²) in [5.41, 5.74) is 5.43. The normalized spacial score (nSPS) is 14.9. The molecule has 0 radical (unpaired) electrons. The Morgan fingerprint density at radius 1 is 1.50 bits per heavy atom. The third kappa shape index (κ3) is 6.86. The standard InChI is InChI=1S/C10H22N2O2/c1-4-14-7-9(3)12-10(13)5-8(2)6-11/h8-9H,4-7,11H2,1-3H3,(H,12,13). The Kier molecular flexibility index (Phi) is 7.42. The molecule has 0 aromatic heterocycles. The third-order valence-electron chi connectivity index (χ3n) is 1.92. The quantitative estimate of drug-likeness (QED) is 0.632. The van der Waals surface area contributed by atoms with Crippen molar-refractivity contribution in [3.05, 3.63) is 0 Å². The van der Waals surface area contributed by atoms with E-state index < -0.39 is 0 Å². The molecular formula is C10H22N2O2. The van der Waals surface area contributed by atoms with Gasteiger partial charge in [-0.25, -0.2) is 0 Å². The van der Waals surface area contributed by atoms with Gasteiger partial charge in [-0.2, -0.15) is 0 Å². The van der Waals surface area contributed by atoms with Gasteiger partial charge in [-0.05, 0) is 26.3 Å². The van der Waals surface area contributed by atoms with Crippen LogP contribution in [0.4, 0.5) is 0 Å². The molecule has 2 atom stereocenters. The van der Waals surface area contributed by atoms with Crippen molar-refractivity contribution in [2.75, 3.05) is 19.8 Å². The highest BCUT2D eigenvalue weighted by Gasteiger charge is 2.10. The van der Waals surface area contributed by atoms with Gasteiger partial charge >= 0.3 is 0 Å². The van der Waals surface area contributed by atoms with E-state index in [1.165, 1.54) is 0 Å². The van der Waals surface area contributed by atoms with E-state index >= 15 is 0 Å². The Morgan fingerprint density at radius 3 is 2.64 bits per heavy atom. The van der Waals surface area contributed by atoms with Crippen molar-refractivity contribution >= 4 is 5.91 Å². The first-order chi connectivity index (χ1) is 6.60. The van der Waals surface area contributed by atoms with Gasteiger partial charge in [-0.1, -0.05) is 6.92 Å². The summed E-state index contributed by atoms with van der Waals surface area (Å²) in [5.74, 6) is 0.296. The van der Waals surface area contributed by atoms with E-state index in [0.29, 0.717) is 26.2 Å². The molecule has 84 valence electrons. The molecule has 0 aromatic rings. The molecule has 0 heterocycles. The van der Waals surface area contributed by atoms with Crippen molar-refractivity contribution in [3.63, 3.8) is 0 Å². The number of hydrogen-bond acceptors (Lipinski definition) is 3. The van der Waals surface area contributed by atoms with Gasteiger partial charge in [0.1, 0.15) is 0 Å². The summed E-state index contributed by atoms with van der Waals surface area (Å²) in [6.45, 7) is 7.63. The van der Waals surface area contributed by atoms with Crippen molar-refractivity contribution in [1.29, 1.82) is 0 Å². The number of nitrogens with one attached hydrogen (secondary N) is 1. The van der Waals surface area contributed by atoms with Gasteiger partial charge in [0, 0.05) is 19.1 Å². The highest BCUT2D eigenvalue weighted by atomic mass is 16.5. The molecule has 0 rings (SSSR count). The fourth-order valence-corrected chi connectivity index (χ4v) is 1.07. The van der Waals surface area contributed by atoms with Crippen LogP contribution in [0, 0.1) is 5.92 Å². The summed E-state index contributed by atoms with van der Waals surface area (Å²) >= 11 is 0. The van der Waals surface area contributed by atoms with Crippen LogP contribution in [-0.4, -0.2) is 31.7 Å². The third-order valence-corrected chi connectivity index (χ3v) is 1.92. The highest BCUT2D eigenvalue weighted by Crippen LogP contribution is 1.98. The first kappa shape index (κ1) is 13.4. The Labute approximate surface area is 86.2 Å². The fraction of sp³-hybridized carbons (Fsp3) is 0.900. The average Bonchev–Trinajstić information content (AvgIpc) is 2.14. The van der Waals surface area contributed by atoms with Crippen LogP contribution >= 0.6 is 0 Å². The van der Waals surface area contributed by atoms with Crippen LogP contribution in [0.5, 0.6) is 0 Å². The van der Waals surface area contributed by atoms with Gasteiger partial charge in [0.05, 0.1) is 6.61 Å². The molecule has 0 aliphatic rings. The summed E-state index contributed by atoms with van der Waals surface area (Å²) in [6, 6.07) is 0.0763. The molecule has 0 saturated heterocycles. The maximum absolute atomic E-state index is 11.4. The molecule has 0 aliphatic heterocycles. The minimum Gasteiger partial charge on any atom is -0.380 e. The monoisotopic (exact) mass is 202 g/mol. The van der Waals surface area contributed by atoms with Gasteiger partial charge in [-0.3, -0.25) is 4.79 Å². The molecule has 4 heteroatoms. The van der Waals surface area contributed by atoms with Gasteiger partial charge in [0.15, 0.2) is 0 Å². The predicted molar refractivity (Wildman–Crippen MR) is 56.9 cm³/mol. The largest absolute Gasteiger partial charge is 0.380 e. The molecule has 1 amide bonds. The smallest absolute Gasteiger partial charge is 0.220 e. The Bertz CT molecular complexity index is 162. The second kappa shape index (κ2) is 7.76. The zero-order valence-electron chi connectivity index (χ0n) is 9.38. The van der Waals surface area contributed by atoms with E-state index in [0.717, 1.165) is 0 Å². The van der Waals surface area contributed by atoms with Gasteiger partial charge in [0.25, 0.3) is 0 Å². The molecule has 0 saturated carbocycles. The van der Waals surface area contributed by atoms with Gasteiger partial charge in [0.2, 0.25) is 5.91 Å². The van der Waals surface area contributed by atoms with Gasteiger partial charge < -0.3 is 15.8 Å². The minimum absolute atomic E-state index is 0.0511. The summed E-state index contributed by atoms with van der Waals surface area (Å²) in [5, 5.41) is 2.86. The van der Waals surface area contributed by atoms with Crippen LogP contribution in [0.3, 0.4) is 0 Å². The topological polar surface area (TPSA) is 64.3 Å². The molecule has 0 spiro atoms. The van der Waals surface area contributed by atoms with Gasteiger partial charge in [-0.15, -0.1) is 0 Å². The molecular weight excluding hydrogens is 180 g/mol. The number of amides is 1. The second-order valence-corrected chi connectivity index (χ2v) is 3.67. The number of nitrogens with two attached hydrogens (primary N) is 1. The molecule has 0 bridgehead atoms. The van der Waals surface area contributed by atoms with Crippen molar-refractivity contribution < 1.29 is 9.53 Å². The highest BCUT2D eigenvalue weighted by molar-refractivity contribution is 5.76. The Balaban J connectivity index is 3.60. The molecule has 14 heavy (non-hydrogen) atoms.